The fraction of sp³-hybridized carbons (Fsp3) is 0. The van der Waals surface area contributed by atoms with Gasteiger partial charge in [0.15, 0.2) is 5.58 Å². The van der Waals surface area contributed by atoms with Crippen LogP contribution in [0.2, 0.25) is 0 Å². The van der Waals surface area contributed by atoms with Crippen LogP contribution in [-0.2, 0) is 0 Å². The number of para-hydroxylation sites is 2. The maximum absolute atomic E-state index is 10.5. The lowest BCUT2D eigenvalue weighted by Gasteiger charge is -1.94. The second kappa shape index (κ2) is 5.41. The van der Waals surface area contributed by atoms with Gasteiger partial charge in [-0.2, -0.15) is 10.1 Å². The Balaban J connectivity index is 1.70. The molecule has 0 unspecified atom stereocenters. The van der Waals surface area contributed by atoms with Crippen LogP contribution in [0.25, 0.3) is 11.1 Å². The number of hydrazone groups is 1. The Morgan fingerprint density at radius 3 is 2.67 bits per heavy atom. The van der Waals surface area contributed by atoms with Crippen molar-refractivity contribution >= 4 is 29.0 Å². The highest BCUT2D eigenvalue weighted by Gasteiger charge is 2.04. The van der Waals surface area contributed by atoms with E-state index in [1.807, 2.05) is 24.3 Å². The summed E-state index contributed by atoms with van der Waals surface area (Å²) in [4.78, 5) is 14.3. The molecule has 1 heterocycles. The number of nitro groups is 1. The zero-order valence-corrected chi connectivity index (χ0v) is 10.8. The molecule has 0 radical (unpaired) electrons. The average molecular weight is 282 g/mol. The van der Waals surface area contributed by atoms with E-state index in [0.717, 1.165) is 11.1 Å². The van der Waals surface area contributed by atoms with Crippen molar-refractivity contribution in [3.8, 4) is 0 Å². The summed E-state index contributed by atoms with van der Waals surface area (Å²) in [6, 6.07) is 13.7. The number of rotatable bonds is 4. The number of nitrogens with one attached hydrogen (secondary N) is 1. The third kappa shape index (κ3) is 2.86. The number of hydrogen-bond donors (Lipinski definition) is 1. The van der Waals surface area contributed by atoms with Crippen molar-refractivity contribution in [3.05, 3.63) is 64.2 Å². The predicted molar refractivity (Wildman–Crippen MR) is 78.3 cm³/mol. The van der Waals surface area contributed by atoms with Crippen molar-refractivity contribution < 1.29 is 9.34 Å². The van der Waals surface area contributed by atoms with E-state index in [1.54, 1.807) is 12.1 Å². The molecule has 0 bridgehead atoms. The van der Waals surface area contributed by atoms with E-state index in [1.165, 1.54) is 18.3 Å². The van der Waals surface area contributed by atoms with Gasteiger partial charge in [0.1, 0.15) is 5.52 Å². The Hall–Kier alpha value is -3.22. The first kappa shape index (κ1) is 12.8. The molecule has 21 heavy (non-hydrogen) atoms. The number of fused-ring (bicyclic) bond motifs is 1. The lowest BCUT2D eigenvalue weighted by molar-refractivity contribution is -0.384. The molecule has 0 fully saturated rings. The minimum absolute atomic E-state index is 0.0408. The number of nitrogens with zero attached hydrogens (tertiary/aromatic N) is 3. The topological polar surface area (TPSA) is 93.6 Å². The Labute approximate surface area is 119 Å². The van der Waals surface area contributed by atoms with Crippen LogP contribution < -0.4 is 5.43 Å². The first-order valence-corrected chi connectivity index (χ1v) is 6.11. The first-order valence-electron chi connectivity index (χ1n) is 6.11. The summed E-state index contributed by atoms with van der Waals surface area (Å²) in [7, 11) is 0. The van der Waals surface area contributed by atoms with Crippen molar-refractivity contribution in [2.75, 3.05) is 5.43 Å². The highest BCUT2D eigenvalue weighted by atomic mass is 16.6. The molecule has 1 N–H and O–H groups in total. The number of nitro benzene ring substituents is 1. The van der Waals surface area contributed by atoms with E-state index < -0.39 is 4.92 Å². The molecule has 2 aromatic carbocycles. The quantitative estimate of drug-likeness (QED) is 0.450. The fourth-order valence-corrected chi connectivity index (χ4v) is 1.76. The van der Waals surface area contributed by atoms with Crippen molar-refractivity contribution in [3.63, 3.8) is 0 Å². The van der Waals surface area contributed by atoms with Gasteiger partial charge in [0.25, 0.3) is 5.69 Å². The van der Waals surface area contributed by atoms with Crippen molar-refractivity contribution in [1.29, 1.82) is 0 Å². The molecule has 7 nitrogen and oxygen atoms in total. The van der Waals surface area contributed by atoms with Crippen LogP contribution in [0.5, 0.6) is 0 Å². The predicted octanol–water partition coefficient (Wildman–Crippen LogP) is 3.18. The average Bonchev–Trinajstić information content (AvgIpc) is 2.90. The van der Waals surface area contributed by atoms with Crippen LogP contribution in [0, 0.1) is 10.1 Å². The van der Waals surface area contributed by atoms with E-state index in [-0.39, 0.29) is 11.7 Å². The molecule has 3 rings (SSSR count). The van der Waals surface area contributed by atoms with Gasteiger partial charge < -0.3 is 4.42 Å². The Morgan fingerprint density at radius 1 is 1.19 bits per heavy atom. The molecule has 0 aliphatic carbocycles. The smallest absolute Gasteiger partial charge is 0.316 e. The number of anilines is 1. The first-order chi connectivity index (χ1) is 10.2. The van der Waals surface area contributed by atoms with Gasteiger partial charge in [0, 0.05) is 12.1 Å². The molecule has 0 saturated heterocycles. The van der Waals surface area contributed by atoms with Gasteiger partial charge in [0.2, 0.25) is 0 Å². The molecule has 104 valence electrons. The number of benzene rings is 2. The summed E-state index contributed by atoms with van der Waals surface area (Å²) in [5, 5.41) is 14.5. The van der Waals surface area contributed by atoms with Crippen molar-refractivity contribution in [1.82, 2.24) is 4.98 Å². The van der Waals surface area contributed by atoms with E-state index in [9.17, 15) is 10.1 Å². The van der Waals surface area contributed by atoms with E-state index in [2.05, 4.69) is 15.5 Å². The molecular formula is C14H10N4O3. The molecule has 0 aliphatic rings. The largest absolute Gasteiger partial charge is 0.422 e. The van der Waals surface area contributed by atoms with Gasteiger partial charge in [-0.1, -0.05) is 12.1 Å². The van der Waals surface area contributed by atoms with E-state index in [4.69, 9.17) is 4.42 Å². The third-order valence-electron chi connectivity index (χ3n) is 2.77. The molecule has 0 atom stereocenters. The second-order valence-electron chi connectivity index (χ2n) is 4.21. The molecule has 7 heteroatoms. The lowest BCUT2D eigenvalue weighted by atomic mass is 10.2. The summed E-state index contributed by atoms with van der Waals surface area (Å²) in [6.07, 6.45) is 1.53. The third-order valence-corrected chi connectivity index (χ3v) is 2.77. The lowest BCUT2D eigenvalue weighted by Crippen LogP contribution is -1.91. The SMILES string of the molecule is O=[N+]([O-])c1ccc(/C=N\Nc2nc3ccccc3o2)cc1. The van der Waals surface area contributed by atoms with Crippen LogP contribution in [0.4, 0.5) is 11.7 Å². The standard InChI is InChI=1S/C14H10N4O3/c19-18(20)11-7-5-10(6-8-11)9-15-17-14-16-12-3-1-2-4-13(12)21-14/h1-9H,(H,16,17)/b15-9-. The zero-order chi connectivity index (χ0) is 14.7. The normalized spacial score (nSPS) is 11.0. The Bertz CT molecular complexity index is 775. The monoisotopic (exact) mass is 282 g/mol. The van der Waals surface area contributed by atoms with Gasteiger partial charge in [-0.3, -0.25) is 10.1 Å². The maximum atomic E-state index is 10.5. The summed E-state index contributed by atoms with van der Waals surface area (Å²) in [5.41, 5.74) is 4.86. The van der Waals surface area contributed by atoms with Crippen LogP contribution in [0.3, 0.4) is 0 Å². The minimum atomic E-state index is -0.447. The van der Waals surface area contributed by atoms with Gasteiger partial charge in [-0.25, -0.2) is 5.43 Å². The molecule has 1 aromatic heterocycles. The molecule has 0 spiro atoms. The molecule has 0 saturated carbocycles. The second-order valence-corrected chi connectivity index (χ2v) is 4.21. The molecule has 3 aromatic rings. The van der Waals surface area contributed by atoms with Crippen molar-refractivity contribution in [2.24, 2.45) is 5.10 Å². The highest BCUT2D eigenvalue weighted by Crippen LogP contribution is 2.17. The maximum Gasteiger partial charge on any atom is 0.316 e. The fourth-order valence-electron chi connectivity index (χ4n) is 1.76. The number of hydrogen-bond acceptors (Lipinski definition) is 6. The van der Waals surface area contributed by atoms with E-state index in [0.29, 0.717) is 5.58 Å². The Morgan fingerprint density at radius 2 is 1.95 bits per heavy atom. The molecule has 0 amide bonds. The summed E-state index contributed by atoms with van der Waals surface area (Å²) < 4.78 is 5.43. The van der Waals surface area contributed by atoms with Gasteiger partial charge in [-0.15, -0.1) is 0 Å². The number of oxazole rings is 1. The highest BCUT2D eigenvalue weighted by molar-refractivity contribution is 5.80. The van der Waals surface area contributed by atoms with E-state index >= 15 is 0 Å². The van der Waals surface area contributed by atoms with Gasteiger partial charge in [-0.05, 0) is 29.8 Å². The zero-order valence-electron chi connectivity index (χ0n) is 10.8. The van der Waals surface area contributed by atoms with Crippen LogP contribution in [-0.4, -0.2) is 16.1 Å². The van der Waals surface area contributed by atoms with Crippen LogP contribution in [0.15, 0.2) is 58.0 Å². The van der Waals surface area contributed by atoms with Crippen LogP contribution in [0.1, 0.15) is 5.56 Å². The number of aromatic nitrogens is 1. The van der Waals surface area contributed by atoms with Gasteiger partial charge >= 0.3 is 6.01 Å². The molecule has 0 aliphatic heterocycles. The molecular weight excluding hydrogens is 272 g/mol. The van der Waals surface area contributed by atoms with Crippen molar-refractivity contribution in [2.45, 2.75) is 0 Å². The Kier molecular flexibility index (Phi) is 3.30. The summed E-state index contributed by atoms with van der Waals surface area (Å²) in [5.74, 6) is 0. The summed E-state index contributed by atoms with van der Waals surface area (Å²) in [6.45, 7) is 0. The van der Waals surface area contributed by atoms with Gasteiger partial charge in [0.05, 0.1) is 11.1 Å². The number of non-ortho nitro benzene ring substituents is 1. The summed E-state index contributed by atoms with van der Waals surface area (Å²) >= 11 is 0. The minimum Gasteiger partial charge on any atom is -0.422 e. The van der Waals surface area contributed by atoms with Crippen LogP contribution >= 0.6 is 0 Å².